The molecular weight excluding hydrogens is 248 g/mol. The fourth-order valence-electron chi connectivity index (χ4n) is 2.06. The molecule has 0 saturated carbocycles. The van der Waals surface area contributed by atoms with Crippen molar-refractivity contribution < 1.29 is 0 Å². The molecule has 2 aromatic heterocycles. The number of hydrogen-bond acceptors (Lipinski definition) is 3. The lowest BCUT2D eigenvalue weighted by Gasteiger charge is -2.08. The lowest BCUT2D eigenvalue weighted by atomic mass is 10.2. The van der Waals surface area contributed by atoms with E-state index in [1.54, 1.807) is 0 Å². The van der Waals surface area contributed by atoms with Gasteiger partial charge in [0.2, 0.25) is 0 Å². The molecule has 100 valence electrons. The third-order valence-corrected chi connectivity index (χ3v) is 2.99. The van der Waals surface area contributed by atoms with Crippen LogP contribution in [0.5, 0.6) is 0 Å². The van der Waals surface area contributed by atoms with Gasteiger partial charge in [0, 0.05) is 24.4 Å². The number of H-pyrrole nitrogens is 1. The van der Waals surface area contributed by atoms with E-state index in [0.717, 1.165) is 35.1 Å². The Bertz CT molecular complexity index is 675. The number of hydrogen-bond donors (Lipinski definition) is 2. The van der Waals surface area contributed by atoms with Gasteiger partial charge >= 0.3 is 0 Å². The van der Waals surface area contributed by atoms with Gasteiger partial charge in [-0.25, -0.2) is 9.97 Å². The first-order valence-electron chi connectivity index (χ1n) is 6.69. The average molecular weight is 264 g/mol. The van der Waals surface area contributed by atoms with Gasteiger partial charge in [-0.05, 0) is 19.1 Å². The maximum atomic E-state index is 4.65. The molecule has 0 aliphatic heterocycles. The molecule has 1 aromatic carbocycles. The Morgan fingerprint density at radius 2 is 1.90 bits per heavy atom. The first-order chi connectivity index (χ1) is 9.86. The molecule has 0 radical (unpaired) electrons. The number of aromatic nitrogens is 3. The first-order valence-corrected chi connectivity index (χ1v) is 6.69. The van der Waals surface area contributed by atoms with Crippen LogP contribution in [0.25, 0.3) is 22.8 Å². The molecule has 0 atom stereocenters. The van der Waals surface area contributed by atoms with E-state index in [4.69, 9.17) is 0 Å². The van der Waals surface area contributed by atoms with E-state index in [2.05, 4.69) is 27.2 Å². The molecule has 3 aromatic rings. The molecule has 0 aliphatic rings. The summed E-state index contributed by atoms with van der Waals surface area (Å²) < 4.78 is 0. The van der Waals surface area contributed by atoms with Gasteiger partial charge in [-0.15, -0.1) is 0 Å². The minimum absolute atomic E-state index is 0.730. The third-order valence-electron chi connectivity index (χ3n) is 2.99. The summed E-state index contributed by atoms with van der Waals surface area (Å²) in [5, 5.41) is 3.26. The Morgan fingerprint density at radius 3 is 2.60 bits per heavy atom. The SMILES string of the molecule is CCNc1cc(-c2ccc[nH]2)nc(-c2ccccc2)n1. The van der Waals surface area contributed by atoms with Crippen LogP contribution in [0.15, 0.2) is 54.7 Å². The molecule has 2 N–H and O–H groups in total. The predicted octanol–water partition coefficient (Wildman–Crippen LogP) is 3.57. The molecule has 0 saturated heterocycles. The Kier molecular flexibility index (Phi) is 3.46. The lowest BCUT2D eigenvalue weighted by Crippen LogP contribution is -2.02. The Morgan fingerprint density at radius 1 is 1.05 bits per heavy atom. The van der Waals surface area contributed by atoms with Crippen LogP contribution in [0.1, 0.15) is 6.92 Å². The molecule has 0 aliphatic carbocycles. The summed E-state index contributed by atoms with van der Waals surface area (Å²) in [5.41, 5.74) is 2.89. The minimum Gasteiger partial charge on any atom is -0.370 e. The van der Waals surface area contributed by atoms with Gasteiger partial charge in [-0.3, -0.25) is 0 Å². The maximum absolute atomic E-state index is 4.65. The van der Waals surface area contributed by atoms with Gasteiger partial charge in [0.05, 0.1) is 11.4 Å². The first kappa shape index (κ1) is 12.4. The van der Waals surface area contributed by atoms with Gasteiger partial charge < -0.3 is 10.3 Å². The highest BCUT2D eigenvalue weighted by Crippen LogP contribution is 2.23. The van der Waals surface area contributed by atoms with Crippen molar-refractivity contribution in [2.75, 3.05) is 11.9 Å². The van der Waals surface area contributed by atoms with Crippen molar-refractivity contribution in [2.45, 2.75) is 6.92 Å². The molecule has 0 spiro atoms. The molecule has 0 unspecified atom stereocenters. The van der Waals surface area contributed by atoms with E-state index in [0.29, 0.717) is 0 Å². The van der Waals surface area contributed by atoms with Gasteiger partial charge in [0.25, 0.3) is 0 Å². The summed E-state index contributed by atoms with van der Waals surface area (Å²) in [6.45, 7) is 2.88. The van der Waals surface area contributed by atoms with Gasteiger partial charge in [-0.2, -0.15) is 0 Å². The number of benzene rings is 1. The van der Waals surface area contributed by atoms with Crippen LogP contribution in [0.4, 0.5) is 5.82 Å². The largest absolute Gasteiger partial charge is 0.370 e. The topological polar surface area (TPSA) is 53.6 Å². The summed E-state index contributed by atoms with van der Waals surface area (Å²) in [5.74, 6) is 1.57. The number of rotatable bonds is 4. The fraction of sp³-hybridized carbons (Fsp3) is 0.125. The number of nitrogens with one attached hydrogen (secondary N) is 2. The second-order valence-corrected chi connectivity index (χ2v) is 4.44. The summed E-state index contributed by atoms with van der Waals surface area (Å²) in [6, 6.07) is 15.9. The van der Waals surface area contributed by atoms with Crippen molar-refractivity contribution in [1.29, 1.82) is 0 Å². The third kappa shape index (κ3) is 2.54. The quantitative estimate of drug-likeness (QED) is 0.757. The monoisotopic (exact) mass is 264 g/mol. The van der Waals surface area contributed by atoms with Crippen LogP contribution in [0.3, 0.4) is 0 Å². The molecule has 0 bridgehead atoms. The summed E-state index contributed by atoms with van der Waals surface area (Å²) in [4.78, 5) is 12.4. The Balaban J connectivity index is 2.10. The van der Waals surface area contributed by atoms with Gasteiger partial charge in [-0.1, -0.05) is 30.3 Å². The van der Waals surface area contributed by atoms with Crippen LogP contribution in [0, 0.1) is 0 Å². The second-order valence-electron chi connectivity index (χ2n) is 4.44. The zero-order valence-corrected chi connectivity index (χ0v) is 11.3. The van der Waals surface area contributed by atoms with Crippen LogP contribution < -0.4 is 5.32 Å². The van der Waals surface area contributed by atoms with Crippen molar-refractivity contribution in [2.24, 2.45) is 0 Å². The van der Waals surface area contributed by atoms with Crippen molar-refractivity contribution in [1.82, 2.24) is 15.0 Å². The zero-order valence-electron chi connectivity index (χ0n) is 11.3. The number of aromatic amines is 1. The van der Waals surface area contributed by atoms with Crippen molar-refractivity contribution in [3.05, 3.63) is 54.7 Å². The fourth-order valence-corrected chi connectivity index (χ4v) is 2.06. The zero-order chi connectivity index (χ0) is 13.8. The standard InChI is InChI=1S/C16H16N4/c1-2-17-15-11-14(13-9-6-10-18-13)19-16(20-15)12-7-4-3-5-8-12/h3-11,18H,2H2,1H3,(H,17,19,20). The molecule has 3 rings (SSSR count). The molecule has 4 nitrogen and oxygen atoms in total. The van der Waals surface area contributed by atoms with Gasteiger partial charge in [0.1, 0.15) is 5.82 Å². The Hall–Kier alpha value is -2.62. The molecule has 0 fully saturated rings. The molecule has 4 heteroatoms. The van der Waals surface area contributed by atoms with E-state index < -0.39 is 0 Å². The highest BCUT2D eigenvalue weighted by molar-refractivity contribution is 5.65. The number of anilines is 1. The van der Waals surface area contributed by atoms with Crippen molar-refractivity contribution >= 4 is 5.82 Å². The van der Waals surface area contributed by atoms with E-state index >= 15 is 0 Å². The average Bonchev–Trinajstić information content (AvgIpc) is 3.02. The van der Waals surface area contributed by atoms with Crippen molar-refractivity contribution in [3.63, 3.8) is 0 Å². The normalized spacial score (nSPS) is 10.4. The molecular formula is C16H16N4. The highest BCUT2D eigenvalue weighted by atomic mass is 15.0. The van der Waals surface area contributed by atoms with E-state index in [1.807, 2.05) is 54.7 Å². The van der Waals surface area contributed by atoms with E-state index in [9.17, 15) is 0 Å². The molecule has 20 heavy (non-hydrogen) atoms. The lowest BCUT2D eigenvalue weighted by molar-refractivity contribution is 1.11. The van der Waals surface area contributed by atoms with Crippen molar-refractivity contribution in [3.8, 4) is 22.8 Å². The van der Waals surface area contributed by atoms with Gasteiger partial charge in [0.15, 0.2) is 5.82 Å². The minimum atomic E-state index is 0.730. The number of nitrogens with zero attached hydrogens (tertiary/aromatic N) is 2. The van der Waals surface area contributed by atoms with Crippen LogP contribution >= 0.6 is 0 Å². The molecule has 2 heterocycles. The van der Waals surface area contributed by atoms with E-state index in [1.165, 1.54) is 0 Å². The second kappa shape index (κ2) is 5.57. The molecule has 0 amide bonds. The van der Waals surface area contributed by atoms with Crippen LogP contribution in [0.2, 0.25) is 0 Å². The maximum Gasteiger partial charge on any atom is 0.162 e. The summed E-state index contributed by atoms with van der Waals surface area (Å²) in [6.07, 6.45) is 1.90. The summed E-state index contributed by atoms with van der Waals surface area (Å²) in [7, 11) is 0. The van der Waals surface area contributed by atoms with E-state index in [-0.39, 0.29) is 0 Å². The van der Waals surface area contributed by atoms with Crippen LogP contribution in [-0.4, -0.2) is 21.5 Å². The predicted molar refractivity (Wildman–Crippen MR) is 81.4 cm³/mol. The van der Waals surface area contributed by atoms with Crippen LogP contribution in [-0.2, 0) is 0 Å². The summed E-state index contributed by atoms with van der Waals surface area (Å²) >= 11 is 0. The smallest absolute Gasteiger partial charge is 0.162 e. The highest BCUT2D eigenvalue weighted by Gasteiger charge is 2.08. The Labute approximate surface area is 117 Å².